The smallest absolute Gasteiger partial charge is 0.128 e. The van der Waals surface area contributed by atoms with Gasteiger partial charge < -0.3 is 0 Å². The zero-order valence-corrected chi connectivity index (χ0v) is 12.8. The van der Waals surface area contributed by atoms with Crippen LogP contribution in [0.15, 0.2) is 6.20 Å². The van der Waals surface area contributed by atoms with E-state index in [9.17, 15) is 0 Å². The fourth-order valence-corrected chi connectivity index (χ4v) is 3.63. The molecule has 0 spiro atoms. The summed E-state index contributed by atoms with van der Waals surface area (Å²) >= 11 is 0. The third-order valence-electron chi connectivity index (χ3n) is 4.79. The van der Waals surface area contributed by atoms with E-state index in [0.29, 0.717) is 0 Å². The van der Waals surface area contributed by atoms with Gasteiger partial charge in [-0.1, -0.05) is 26.2 Å². The molecule has 1 aliphatic heterocycles. The van der Waals surface area contributed by atoms with Crippen molar-refractivity contribution in [1.82, 2.24) is 14.9 Å². The lowest BCUT2D eigenvalue weighted by Crippen LogP contribution is -2.36. The van der Waals surface area contributed by atoms with Crippen molar-refractivity contribution in [1.29, 1.82) is 0 Å². The maximum atomic E-state index is 4.79. The van der Waals surface area contributed by atoms with Crippen LogP contribution in [0.1, 0.15) is 62.5 Å². The number of aromatic nitrogens is 2. The second-order valence-electron chi connectivity index (χ2n) is 6.50. The van der Waals surface area contributed by atoms with E-state index in [4.69, 9.17) is 4.98 Å². The van der Waals surface area contributed by atoms with Gasteiger partial charge in [0.15, 0.2) is 0 Å². The van der Waals surface area contributed by atoms with Crippen molar-refractivity contribution >= 4 is 0 Å². The average Bonchev–Trinajstić information content (AvgIpc) is 2.48. The highest BCUT2D eigenvalue weighted by atomic mass is 15.1. The molecule has 110 valence electrons. The molecule has 1 fully saturated rings. The Kier molecular flexibility index (Phi) is 4.66. The largest absolute Gasteiger partial charge is 0.297 e. The number of fused-ring (bicyclic) bond motifs is 1. The van der Waals surface area contributed by atoms with Gasteiger partial charge in [-0.05, 0) is 37.2 Å². The summed E-state index contributed by atoms with van der Waals surface area (Å²) in [6.07, 6.45) is 12.6. The van der Waals surface area contributed by atoms with Crippen LogP contribution in [0.5, 0.6) is 0 Å². The van der Waals surface area contributed by atoms with Gasteiger partial charge in [-0.3, -0.25) is 4.90 Å². The summed E-state index contributed by atoms with van der Waals surface area (Å²) in [5.41, 5.74) is 2.68. The van der Waals surface area contributed by atoms with Crippen molar-refractivity contribution in [3.8, 4) is 0 Å². The molecule has 0 saturated heterocycles. The van der Waals surface area contributed by atoms with E-state index in [-0.39, 0.29) is 0 Å². The number of aryl methyl sites for hydroxylation is 1. The van der Waals surface area contributed by atoms with Gasteiger partial charge >= 0.3 is 0 Å². The standard InChI is InChI=1S/C17H27N3/c1-2-6-17-18-11-15-9-10-20(13-16(15)19-17)12-14-7-4-3-5-8-14/h11,14H,2-10,12-13H2,1H3. The fraction of sp³-hybridized carbons (Fsp3) is 0.765. The van der Waals surface area contributed by atoms with Gasteiger partial charge in [-0.15, -0.1) is 0 Å². The third-order valence-corrected chi connectivity index (χ3v) is 4.79. The molecular formula is C17H27N3. The predicted molar refractivity (Wildman–Crippen MR) is 81.6 cm³/mol. The van der Waals surface area contributed by atoms with Crippen LogP contribution in [0, 0.1) is 5.92 Å². The minimum absolute atomic E-state index is 0.933. The summed E-state index contributed by atoms with van der Waals surface area (Å²) in [4.78, 5) is 11.9. The molecule has 2 heterocycles. The summed E-state index contributed by atoms with van der Waals surface area (Å²) in [7, 11) is 0. The Balaban J connectivity index is 1.62. The van der Waals surface area contributed by atoms with Crippen molar-refractivity contribution in [3.05, 3.63) is 23.3 Å². The normalized spacial score (nSPS) is 20.9. The van der Waals surface area contributed by atoms with Gasteiger partial charge in [0.2, 0.25) is 0 Å². The number of nitrogens with zero attached hydrogens (tertiary/aromatic N) is 3. The predicted octanol–water partition coefficient (Wildman–Crippen LogP) is 3.37. The summed E-state index contributed by atoms with van der Waals surface area (Å²) in [6.45, 7) is 5.72. The lowest BCUT2D eigenvalue weighted by Gasteiger charge is -2.32. The van der Waals surface area contributed by atoms with E-state index in [2.05, 4.69) is 23.0 Å². The molecule has 2 aliphatic rings. The minimum atomic E-state index is 0.933. The van der Waals surface area contributed by atoms with Gasteiger partial charge in [0, 0.05) is 32.3 Å². The van der Waals surface area contributed by atoms with Crippen LogP contribution in [0.4, 0.5) is 0 Å². The maximum Gasteiger partial charge on any atom is 0.128 e. The SMILES string of the molecule is CCCc1ncc2c(n1)CN(CC1CCCCC1)CC2. The molecule has 3 heteroatoms. The second kappa shape index (κ2) is 6.66. The van der Waals surface area contributed by atoms with Crippen LogP contribution < -0.4 is 0 Å². The van der Waals surface area contributed by atoms with E-state index in [1.165, 1.54) is 56.5 Å². The molecular weight excluding hydrogens is 246 g/mol. The Hall–Kier alpha value is -0.960. The molecule has 0 bridgehead atoms. The van der Waals surface area contributed by atoms with Crippen molar-refractivity contribution in [2.24, 2.45) is 5.92 Å². The van der Waals surface area contributed by atoms with Crippen LogP contribution in [0.25, 0.3) is 0 Å². The Morgan fingerprint density at radius 3 is 2.90 bits per heavy atom. The van der Waals surface area contributed by atoms with Crippen LogP contribution >= 0.6 is 0 Å². The summed E-state index contributed by atoms with van der Waals surface area (Å²) in [5, 5.41) is 0. The third kappa shape index (κ3) is 3.38. The number of hydrogen-bond acceptors (Lipinski definition) is 3. The lowest BCUT2D eigenvalue weighted by atomic mass is 9.88. The molecule has 0 aromatic carbocycles. The van der Waals surface area contributed by atoms with E-state index in [0.717, 1.165) is 37.5 Å². The van der Waals surface area contributed by atoms with Crippen molar-refractivity contribution in [2.75, 3.05) is 13.1 Å². The zero-order chi connectivity index (χ0) is 13.8. The first-order valence-electron chi connectivity index (χ1n) is 8.41. The average molecular weight is 273 g/mol. The Labute approximate surface area is 122 Å². The molecule has 0 radical (unpaired) electrons. The zero-order valence-electron chi connectivity index (χ0n) is 12.8. The van der Waals surface area contributed by atoms with Crippen molar-refractivity contribution in [3.63, 3.8) is 0 Å². The Morgan fingerprint density at radius 2 is 2.10 bits per heavy atom. The van der Waals surface area contributed by atoms with Gasteiger partial charge in [0.1, 0.15) is 5.82 Å². The molecule has 0 atom stereocenters. The highest BCUT2D eigenvalue weighted by molar-refractivity contribution is 5.20. The molecule has 1 aromatic rings. The number of rotatable bonds is 4. The fourth-order valence-electron chi connectivity index (χ4n) is 3.63. The van der Waals surface area contributed by atoms with Crippen molar-refractivity contribution in [2.45, 2.75) is 64.8 Å². The van der Waals surface area contributed by atoms with Gasteiger partial charge in [-0.25, -0.2) is 9.97 Å². The molecule has 0 unspecified atom stereocenters. The molecule has 1 aliphatic carbocycles. The monoisotopic (exact) mass is 273 g/mol. The first-order chi connectivity index (χ1) is 9.85. The molecule has 0 N–H and O–H groups in total. The summed E-state index contributed by atoms with van der Waals surface area (Å²) in [6, 6.07) is 0. The van der Waals surface area contributed by atoms with Gasteiger partial charge in [0.05, 0.1) is 5.69 Å². The van der Waals surface area contributed by atoms with Crippen LogP contribution in [0.3, 0.4) is 0 Å². The molecule has 0 amide bonds. The topological polar surface area (TPSA) is 29.0 Å². The highest BCUT2D eigenvalue weighted by Gasteiger charge is 2.22. The summed E-state index contributed by atoms with van der Waals surface area (Å²) < 4.78 is 0. The second-order valence-corrected chi connectivity index (χ2v) is 6.50. The van der Waals surface area contributed by atoms with E-state index >= 15 is 0 Å². The number of hydrogen-bond donors (Lipinski definition) is 0. The minimum Gasteiger partial charge on any atom is -0.297 e. The molecule has 1 saturated carbocycles. The maximum absolute atomic E-state index is 4.79. The van der Waals surface area contributed by atoms with Gasteiger partial charge in [0.25, 0.3) is 0 Å². The van der Waals surface area contributed by atoms with Crippen LogP contribution in [-0.2, 0) is 19.4 Å². The van der Waals surface area contributed by atoms with Crippen LogP contribution in [0.2, 0.25) is 0 Å². The lowest BCUT2D eigenvalue weighted by molar-refractivity contribution is 0.184. The molecule has 3 nitrogen and oxygen atoms in total. The van der Waals surface area contributed by atoms with Crippen molar-refractivity contribution < 1.29 is 0 Å². The first kappa shape index (κ1) is 14.0. The van der Waals surface area contributed by atoms with E-state index < -0.39 is 0 Å². The van der Waals surface area contributed by atoms with Crippen LogP contribution in [-0.4, -0.2) is 28.0 Å². The first-order valence-corrected chi connectivity index (χ1v) is 8.41. The molecule has 3 rings (SSSR count). The van der Waals surface area contributed by atoms with E-state index in [1.807, 2.05) is 0 Å². The Bertz CT molecular complexity index is 438. The quantitative estimate of drug-likeness (QED) is 0.842. The highest BCUT2D eigenvalue weighted by Crippen LogP contribution is 2.26. The Morgan fingerprint density at radius 1 is 1.25 bits per heavy atom. The van der Waals surface area contributed by atoms with E-state index in [1.54, 1.807) is 0 Å². The molecule has 20 heavy (non-hydrogen) atoms. The summed E-state index contributed by atoms with van der Waals surface area (Å²) in [5.74, 6) is 1.97. The van der Waals surface area contributed by atoms with Gasteiger partial charge in [-0.2, -0.15) is 0 Å². The molecule has 1 aromatic heterocycles.